The molecule has 0 saturated carbocycles. The lowest BCUT2D eigenvalue weighted by molar-refractivity contribution is -0.118. The zero-order valence-electron chi connectivity index (χ0n) is 20.1. The van der Waals surface area contributed by atoms with Crippen LogP contribution in [0, 0.1) is 12.8 Å². The summed E-state index contributed by atoms with van der Waals surface area (Å²) in [4.78, 5) is 29.2. The fraction of sp³-hybridized carbons (Fsp3) is 0.462. The smallest absolute Gasteiger partial charge is 0.319 e. The first-order valence-corrected chi connectivity index (χ1v) is 11.9. The van der Waals surface area contributed by atoms with Gasteiger partial charge in [-0.05, 0) is 43.1 Å². The summed E-state index contributed by atoms with van der Waals surface area (Å²) in [6, 6.07) is 15.9. The average molecular weight is 452 g/mol. The number of hydrogen-bond acceptors (Lipinski definition) is 4. The number of urea groups is 1. The maximum absolute atomic E-state index is 12.3. The molecule has 0 radical (unpaired) electrons. The molecule has 0 aromatic heterocycles. The molecule has 0 unspecified atom stereocenters. The first-order chi connectivity index (χ1) is 15.9. The SMILES string of the molecule is Cc1ccc(NC(=O)C(C)C)cc1NC(=O)NCCCN1CCN(Cc2ccccc2)CC1. The molecule has 0 aliphatic carbocycles. The number of carbonyl (C=O) groups excluding carboxylic acids is 2. The van der Waals surface area contributed by atoms with Gasteiger partial charge in [0.15, 0.2) is 0 Å². The Bertz CT molecular complexity index is 908. The van der Waals surface area contributed by atoms with Gasteiger partial charge in [0.05, 0.1) is 0 Å². The van der Waals surface area contributed by atoms with Crippen LogP contribution in [-0.4, -0.2) is 61.0 Å². The number of aryl methyl sites for hydroxylation is 1. The van der Waals surface area contributed by atoms with Crippen molar-refractivity contribution >= 4 is 23.3 Å². The summed E-state index contributed by atoms with van der Waals surface area (Å²) in [5, 5.41) is 8.71. The summed E-state index contributed by atoms with van der Waals surface area (Å²) >= 11 is 0. The van der Waals surface area contributed by atoms with E-state index in [1.165, 1.54) is 5.56 Å². The monoisotopic (exact) mass is 451 g/mol. The fourth-order valence-electron chi connectivity index (χ4n) is 3.80. The van der Waals surface area contributed by atoms with Crippen LogP contribution in [0.3, 0.4) is 0 Å². The second-order valence-corrected chi connectivity index (χ2v) is 9.01. The van der Waals surface area contributed by atoms with Crippen LogP contribution in [0.1, 0.15) is 31.4 Å². The molecular formula is C26H37N5O2. The quantitative estimate of drug-likeness (QED) is 0.505. The summed E-state index contributed by atoms with van der Waals surface area (Å²) in [6.07, 6.45) is 0.912. The Hall–Kier alpha value is -2.90. The highest BCUT2D eigenvalue weighted by Gasteiger charge is 2.16. The molecule has 7 heteroatoms. The third-order valence-corrected chi connectivity index (χ3v) is 5.93. The van der Waals surface area contributed by atoms with Crippen molar-refractivity contribution in [2.24, 2.45) is 5.92 Å². The van der Waals surface area contributed by atoms with Crippen molar-refractivity contribution in [3.8, 4) is 0 Å². The minimum Gasteiger partial charge on any atom is -0.338 e. The number of nitrogens with one attached hydrogen (secondary N) is 3. The van der Waals surface area contributed by atoms with Crippen molar-refractivity contribution in [2.45, 2.75) is 33.7 Å². The van der Waals surface area contributed by atoms with E-state index in [2.05, 4.69) is 56.1 Å². The van der Waals surface area contributed by atoms with Crippen LogP contribution in [0.5, 0.6) is 0 Å². The van der Waals surface area contributed by atoms with E-state index < -0.39 is 0 Å². The Balaban J connectivity index is 1.34. The van der Waals surface area contributed by atoms with Gasteiger partial charge < -0.3 is 20.9 Å². The van der Waals surface area contributed by atoms with Crippen molar-refractivity contribution in [3.63, 3.8) is 0 Å². The summed E-state index contributed by atoms with van der Waals surface area (Å²) in [6.45, 7) is 12.5. The van der Waals surface area contributed by atoms with Crippen LogP contribution < -0.4 is 16.0 Å². The van der Waals surface area contributed by atoms with Crippen molar-refractivity contribution in [1.29, 1.82) is 0 Å². The number of carbonyl (C=O) groups is 2. The Morgan fingerprint density at radius 3 is 2.33 bits per heavy atom. The Morgan fingerprint density at radius 1 is 0.939 bits per heavy atom. The van der Waals surface area contributed by atoms with E-state index >= 15 is 0 Å². The van der Waals surface area contributed by atoms with Crippen molar-refractivity contribution in [3.05, 3.63) is 59.7 Å². The van der Waals surface area contributed by atoms with Gasteiger partial charge in [-0.25, -0.2) is 4.79 Å². The standard InChI is InChI=1S/C26H37N5O2/c1-20(2)25(32)28-23-11-10-21(3)24(18-23)29-26(33)27-12-7-13-30-14-16-31(17-15-30)19-22-8-5-4-6-9-22/h4-6,8-11,18,20H,7,12-17,19H2,1-3H3,(H,28,32)(H2,27,29,33). The highest BCUT2D eigenvalue weighted by Crippen LogP contribution is 2.20. The average Bonchev–Trinajstić information content (AvgIpc) is 2.80. The number of nitrogens with zero attached hydrogens (tertiary/aromatic N) is 2. The topological polar surface area (TPSA) is 76.7 Å². The molecule has 1 fully saturated rings. The highest BCUT2D eigenvalue weighted by atomic mass is 16.2. The normalized spacial score (nSPS) is 14.8. The van der Waals surface area contributed by atoms with Crippen LogP contribution >= 0.6 is 0 Å². The summed E-state index contributed by atoms with van der Waals surface area (Å²) in [7, 11) is 0. The maximum Gasteiger partial charge on any atom is 0.319 e. The van der Waals surface area contributed by atoms with Gasteiger partial charge in [0.2, 0.25) is 5.91 Å². The van der Waals surface area contributed by atoms with E-state index in [9.17, 15) is 9.59 Å². The molecule has 1 aliphatic rings. The van der Waals surface area contributed by atoms with Crippen LogP contribution in [0.15, 0.2) is 48.5 Å². The Labute approximate surface area is 197 Å². The molecule has 2 aromatic rings. The van der Waals surface area contributed by atoms with E-state index in [-0.39, 0.29) is 17.9 Å². The number of hydrogen-bond donors (Lipinski definition) is 3. The number of anilines is 2. The van der Waals surface area contributed by atoms with Gasteiger partial charge in [-0.3, -0.25) is 9.69 Å². The van der Waals surface area contributed by atoms with Crippen molar-refractivity contribution in [1.82, 2.24) is 15.1 Å². The Morgan fingerprint density at radius 2 is 1.64 bits per heavy atom. The molecule has 2 aromatic carbocycles. The number of rotatable bonds is 9. The van der Waals surface area contributed by atoms with Gasteiger partial charge in [-0.15, -0.1) is 0 Å². The predicted molar refractivity (Wildman–Crippen MR) is 134 cm³/mol. The van der Waals surface area contributed by atoms with Gasteiger partial charge in [-0.2, -0.15) is 0 Å². The van der Waals surface area contributed by atoms with E-state index in [0.29, 0.717) is 17.9 Å². The zero-order valence-corrected chi connectivity index (χ0v) is 20.1. The molecule has 178 valence electrons. The van der Waals surface area contributed by atoms with E-state index in [1.807, 2.05) is 32.9 Å². The molecule has 0 atom stereocenters. The molecule has 33 heavy (non-hydrogen) atoms. The molecule has 1 heterocycles. The van der Waals surface area contributed by atoms with E-state index in [1.54, 1.807) is 6.07 Å². The minimum atomic E-state index is -0.224. The first-order valence-electron chi connectivity index (χ1n) is 11.9. The van der Waals surface area contributed by atoms with Crippen LogP contribution in [0.25, 0.3) is 0 Å². The van der Waals surface area contributed by atoms with Gasteiger partial charge in [-0.1, -0.05) is 50.2 Å². The van der Waals surface area contributed by atoms with Crippen molar-refractivity contribution in [2.75, 3.05) is 49.9 Å². The second kappa shape index (κ2) is 12.4. The minimum absolute atomic E-state index is 0.0462. The lowest BCUT2D eigenvalue weighted by atomic mass is 10.1. The molecule has 0 bridgehead atoms. The molecule has 1 aliphatic heterocycles. The maximum atomic E-state index is 12.3. The summed E-state index contributed by atoms with van der Waals surface area (Å²) in [5.41, 5.74) is 3.69. The highest BCUT2D eigenvalue weighted by molar-refractivity contribution is 5.94. The van der Waals surface area contributed by atoms with Gasteiger partial charge in [0.1, 0.15) is 0 Å². The lowest BCUT2D eigenvalue weighted by Gasteiger charge is -2.34. The van der Waals surface area contributed by atoms with Crippen molar-refractivity contribution < 1.29 is 9.59 Å². The first kappa shape index (κ1) is 24.7. The second-order valence-electron chi connectivity index (χ2n) is 9.01. The zero-order chi connectivity index (χ0) is 23.6. The molecule has 3 amide bonds. The third kappa shape index (κ3) is 8.18. The molecule has 7 nitrogen and oxygen atoms in total. The Kier molecular flexibility index (Phi) is 9.27. The number of piperazine rings is 1. The van der Waals surface area contributed by atoms with Crippen LogP contribution in [-0.2, 0) is 11.3 Å². The summed E-state index contributed by atoms with van der Waals surface area (Å²) < 4.78 is 0. The lowest BCUT2D eigenvalue weighted by Crippen LogP contribution is -2.46. The van der Waals surface area contributed by atoms with Gasteiger partial charge in [0.25, 0.3) is 0 Å². The van der Waals surface area contributed by atoms with E-state index in [0.717, 1.165) is 51.3 Å². The predicted octanol–water partition coefficient (Wildman–Crippen LogP) is 3.92. The van der Waals surface area contributed by atoms with Crippen LogP contribution in [0.2, 0.25) is 0 Å². The van der Waals surface area contributed by atoms with Gasteiger partial charge >= 0.3 is 6.03 Å². The molecular weight excluding hydrogens is 414 g/mol. The number of benzene rings is 2. The number of amides is 3. The van der Waals surface area contributed by atoms with E-state index in [4.69, 9.17) is 0 Å². The molecule has 3 rings (SSSR count). The third-order valence-electron chi connectivity index (χ3n) is 5.93. The molecule has 0 spiro atoms. The fourth-order valence-corrected chi connectivity index (χ4v) is 3.80. The largest absolute Gasteiger partial charge is 0.338 e. The molecule has 3 N–H and O–H groups in total. The summed E-state index contributed by atoms with van der Waals surface area (Å²) in [5.74, 6) is -0.145. The molecule has 1 saturated heterocycles. The van der Waals surface area contributed by atoms with Crippen LogP contribution in [0.4, 0.5) is 16.2 Å². The van der Waals surface area contributed by atoms with Gasteiger partial charge in [0, 0.05) is 56.6 Å².